The van der Waals surface area contributed by atoms with Crippen molar-refractivity contribution in [1.29, 1.82) is 0 Å². The molecule has 3 N–H and O–H groups in total. The summed E-state index contributed by atoms with van der Waals surface area (Å²) in [5, 5.41) is 5.44. The van der Waals surface area contributed by atoms with Crippen molar-refractivity contribution in [3.63, 3.8) is 0 Å². The molecule has 1 aliphatic rings. The van der Waals surface area contributed by atoms with Crippen LogP contribution in [0.2, 0.25) is 0 Å². The van der Waals surface area contributed by atoms with Crippen LogP contribution >= 0.6 is 0 Å². The van der Waals surface area contributed by atoms with Crippen LogP contribution in [0, 0.1) is 5.92 Å². The minimum atomic E-state index is -3.41. The SMILES string of the molecule is CC1CC(NC(=O)NCCNS(=O)(=O)N(C)C)C1. The molecule has 1 saturated carbocycles. The normalized spacial score (nSPS) is 23.6. The number of amides is 2. The number of nitrogens with one attached hydrogen (secondary N) is 3. The van der Waals surface area contributed by atoms with E-state index in [9.17, 15) is 13.2 Å². The van der Waals surface area contributed by atoms with Crippen molar-refractivity contribution >= 4 is 16.2 Å². The van der Waals surface area contributed by atoms with E-state index in [4.69, 9.17) is 0 Å². The third-order valence-corrected chi connectivity index (χ3v) is 4.42. The molecule has 0 aromatic carbocycles. The van der Waals surface area contributed by atoms with Crippen LogP contribution in [0.1, 0.15) is 19.8 Å². The molecule has 0 aliphatic heterocycles. The Hall–Kier alpha value is -0.860. The van der Waals surface area contributed by atoms with Crippen molar-refractivity contribution in [2.24, 2.45) is 5.92 Å². The number of nitrogens with zero attached hydrogens (tertiary/aromatic N) is 1. The maximum absolute atomic E-state index is 11.4. The van der Waals surface area contributed by atoms with E-state index in [2.05, 4.69) is 22.3 Å². The Labute approximate surface area is 108 Å². The maximum Gasteiger partial charge on any atom is 0.315 e. The maximum atomic E-state index is 11.4. The Morgan fingerprint density at radius 2 is 1.89 bits per heavy atom. The Balaban J connectivity index is 2.09. The van der Waals surface area contributed by atoms with E-state index in [1.807, 2.05) is 0 Å². The molecular formula is C10H22N4O3S. The van der Waals surface area contributed by atoms with Crippen molar-refractivity contribution in [2.75, 3.05) is 27.2 Å². The van der Waals surface area contributed by atoms with E-state index in [1.54, 1.807) is 0 Å². The van der Waals surface area contributed by atoms with Crippen LogP contribution < -0.4 is 15.4 Å². The molecule has 8 heteroatoms. The fraction of sp³-hybridized carbons (Fsp3) is 0.900. The van der Waals surface area contributed by atoms with E-state index < -0.39 is 10.2 Å². The van der Waals surface area contributed by atoms with Gasteiger partial charge in [-0.1, -0.05) is 6.92 Å². The molecule has 0 heterocycles. The number of urea groups is 1. The van der Waals surface area contributed by atoms with Crippen LogP contribution in [0.4, 0.5) is 4.79 Å². The highest BCUT2D eigenvalue weighted by Crippen LogP contribution is 2.25. The second-order valence-electron chi connectivity index (χ2n) is 4.86. The van der Waals surface area contributed by atoms with Gasteiger partial charge < -0.3 is 10.6 Å². The lowest BCUT2D eigenvalue weighted by atomic mass is 9.82. The van der Waals surface area contributed by atoms with Crippen molar-refractivity contribution < 1.29 is 13.2 Å². The lowest BCUT2D eigenvalue weighted by molar-refractivity contribution is 0.210. The van der Waals surface area contributed by atoms with E-state index >= 15 is 0 Å². The molecule has 0 atom stereocenters. The summed E-state index contributed by atoms with van der Waals surface area (Å²) in [6.07, 6.45) is 2.03. The van der Waals surface area contributed by atoms with E-state index in [1.165, 1.54) is 14.1 Å². The molecule has 1 aliphatic carbocycles. The smallest absolute Gasteiger partial charge is 0.315 e. The topological polar surface area (TPSA) is 90.5 Å². The first kappa shape index (κ1) is 15.2. The summed E-state index contributed by atoms with van der Waals surface area (Å²) in [5.74, 6) is 0.683. The highest BCUT2D eigenvalue weighted by atomic mass is 32.2. The van der Waals surface area contributed by atoms with Gasteiger partial charge in [0.05, 0.1) is 0 Å². The van der Waals surface area contributed by atoms with Gasteiger partial charge in [-0.05, 0) is 18.8 Å². The number of carbonyl (C=O) groups excluding carboxylic acids is 1. The van der Waals surface area contributed by atoms with E-state index in [0.29, 0.717) is 5.92 Å². The summed E-state index contributed by atoms with van der Waals surface area (Å²) in [4.78, 5) is 11.4. The van der Waals surface area contributed by atoms with Crippen molar-refractivity contribution in [3.05, 3.63) is 0 Å². The number of rotatable bonds is 6. The molecule has 0 radical (unpaired) electrons. The van der Waals surface area contributed by atoms with Gasteiger partial charge in [0.1, 0.15) is 0 Å². The second kappa shape index (κ2) is 6.35. The first-order valence-electron chi connectivity index (χ1n) is 6.02. The average Bonchev–Trinajstić information content (AvgIpc) is 2.22. The number of hydrogen-bond acceptors (Lipinski definition) is 3. The van der Waals surface area contributed by atoms with Crippen molar-refractivity contribution in [1.82, 2.24) is 19.7 Å². The third-order valence-electron chi connectivity index (χ3n) is 2.88. The highest BCUT2D eigenvalue weighted by molar-refractivity contribution is 7.87. The zero-order valence-electron chi connectivity index (χ0n) is 11.1. The summed E-state index contributed by atoms with van der Waals surface area (Å²) < 4.78 is 26.1. The van der Waals surface area contributed by atoms with Crippen molar-refractivity contribution in [2.45, 2.75) is 25.8 Å². The van der Waals surface area contributed by atoms with E-state index in [-0.39, 0.29) is 25.2 Å². The van der Waals surface area contributed by atoms with Crippen LogP contribution in [0.25, 0.3) is 0 Å². The Morgan fingerprint density at radius 3 is 2.39 bits per heavy atom. The standard InChI is InChI=1S/C10H22N4O3S/c1-8-6-9(7-8)13-10(15)11-4-5-12-18(16,17)14(2)3/h8-9,12H,4-7H2,1-3H3,(H2,11,13,15). The quantitative estimate of drug-likeness (QED) is 0.571. The van der Waals surface area contributed by atoms with Gasteiger partial charge in [-0.15, -0.1) is 0 Å². The molecule has 0 aromatic heterocycles. The molecular weight excluding hydrogens is 256 g/mol. The van der Waals surface area contributed by atoms with Crippen LogP contribution in [0.3, 0.4) is 0 Å². The van der Waals surface area contributed by atoms with Gasteiger partial charge in [0.2, 0.25) is 0 Å². The fourth-order valence-corrected chi connectivity index (χ4v) is 2.36. The van der Waals surface area contributed by atoms with Crippen LogP contribution in [0.5, 0.6) is 0 Å². The molecule has 0 bridgehead atoms. The van der Waals surface area contributed by atoms with Gasteiger partial charge in [-0.3, -0.25) is 0 Å². The van der Waals surface area contributed by atoms with Gasteiger partial charge in [0, 0.05) is 33.2 Å². The predicted molar refractivity (Wildman–Crippen MR) is 69.3 cm³/mol. The second-order valence-corrected chi connectivity index (χ2v) is 6.82. The Kier molecular flexibility index (Phi) is 5.36. The molecule has 2 amide bonds. The molecule has 0 unspecified atom stereocenters. The summed E-state index contributed by atoms with van der Waals surface area (Å²) >= 11 is 0. The largest absolute Gasteiger partial charge is 0.337 e. The van der Waals surface area contributed by atoms with Gasteiger partial charge in [-0.2, -0.15) is 12.7 Å². The molecule has 18 heavy (non-hydrogen) atoms. The molecule has 7 nitrogen and oxygen atoms in total. The molecule has 1 fully saturated rings. The van der Waals surface area contributed by atoms with E-state index in [0.717, 1.165) is 17.1 Å². The zero-order valence-corrected chi connectivity index (χ0v) is 11.9. The minimum absolute atomic E-state index is 0.176. The number of hydrogen-bond donors (Lipinski definition) is 3. The highest BCUT2D eigenvalue weighted by Gasteiger charge is 2.26. The van der Waals surface area contributed by atoms with Gasteiger partial charge in [0.25, 0.3) is 10.2 Å². The first-order valence-corrected chi connectivity index (χ1v) is 7.46. The summed E-state index contributed by atoms with van der Waals surface area (Å²) in [5.41, 5.74) is 0. The van der Waals surface area contributed by atoms with Gasteiger partial charge in [-0.25, -0.2) is 9.52 Å². The predicted octanol–water partition coefficient (Wildman–Crippen LogP) is -0.520. The molecule has 1 rings (SSSR count). The lowest BCUT2D eigenvalue weighted by Gasteiger charge is -2.33. The summed E-state index contributed by atoms with van der Waals surface area (Å²) in [6, 6.07) is 0.0226. The first-order chi connectivity index (χ1) is 8.31. The lowest BCUT2D eigenvalue weighted by Crippen LogP contribution is -2.49. The summed E-state index contributed by atoms with van der Waals surface area (Å²) in [7, 11) is -0.519. The molecule has 0 spiro atoms. The minimum Gasteiger partial charge on any atom is -0.337 e. The monoisotopic (exact) mass is 278 g/mol. The molecule has 106 valence electrons. The molecule has 0 aromatic rings. The fourth-order valence-electron chi connectivity index (χ4n) is 1.74. The third kappa shape index (κ3) is 4.79. The van der Waals surface area contributed by atoms with Crippen LogP contribution in [-0.2, 0) is 10.2 Å². The Morgan fingerprint density at radius 1 is 1.28 bits per heavy atom. The zero-order chi connectivity index (χ0) is 13.8. The molecule has 0 saturated heterocycles. The van der Waals surface area contributed by atoms with Gasteiger partial charge >= 0.3 is 6.03 Å². The Bertz CT molecular complexity index is 377. The van der Waals surface area contributed by atoms with Crippen molar-refractivity contribution in [3.8, 4) is 0 Å². The van der Waals surface area contributed by atoms with Crippen LogP contribution in [0.15, 0.2) is 0 Å². The van der Waals surface area contributed by atoms with Gasteiger partial charge in [0.15, 0.2) is 0 Å². The number of carbonyl (C=O) groups is 1. The van der Waals surface area contributed by atoms with Crippen LogP contribution in [-0.4, -0.2) is 52.0 Å². The summed E-state index contributed by atoms with van der Waals surface area (Å²) in [6.45, 7) is 2.59. The average molecular weight is 278 g/mol.